The van der Waals surface area contributed by atoms with Crippen molar-refractivity contribution in [2.45, 2.75) is 44.2 Å². The summed E-state index contributed by atoms with van der Waals surface area (Å²) in [4.78, 5) is 28.9. The summed E-state index contributed by atoms with van der Waals surface area (Å²) in [7, 11) is 0. The third-order valence-electron chi connectivity index (χ3n) is 5.39. The molecule has 7 heteroatoms. The highest BCUT2D eigenvalue weighted by Crippen LogP contribution is 2.53. The van der Waals surface area contributed by atoms with Gasteiger partial charge in [-0.25, -0.2) is 4.79 Å². The molecular formula is C22H23BrN2O3S. The third kappa shape index (κ3) is 3.30. The zero-order valence-corrected chi connectivity index (χ0v) is 19.0. The number of amides is 1. The predicted octanol–water partition coefficient (Wildman–Crippen LogP) is 4.07. The van der Waals surface area contributed by atoms with E-state index in [0.717, 1.165) is 26.9 Å². The number of carbonyl (C=O) groups is 2. The summed E-state index contributed by atoms with van der Waals surface area (Å²) in [6, 6.07) is 9.53. The van der Waals surface area contributed by atoms with Gasteiger partial charge in [-0.3, -0.25) is 4.79 Å². The number of rotatable bonds is 3. The molecule has 2 aliphatic rings. The van der Waals surface area contributed by atoms with E-state index in [-0.39, 0.29) is 6.04 Å². The van der Waals surface area contributed by atoms with Crippen LogP contribution in [-0.4, -0.2) is 28.9 Å². The van der Waals surface area contributed by atoms with Crippen molar-refractivity contribution in [3.05, 3.63) is 68.0 Å². The molecule has 1 aromatic carbocycles. The molecule has 0 fully saturated rings. The number of thiophene rings is 1. The number of esters is 1. The smallest absolute Gasteiger partial charge is 0.354 e. The van der Waals surface area contributed by atoms with Crippen LogP contribution in [0.4, 0.5) is 0 Å². The third-order valence-corrected chi connectivity index (χ3v) is 6.90. The fourth-order valence-electron chi connectivity index (χ4n) is 4.27. The molecule has 4 rings (SSSR count). The predicted molar refractivity (Wildman–Crippen MR) is 116 cm³/mol. The number of nitrogens with two attached hydrogens (primary N) is 1. The average Bonchev–Trinajstić information content (AvgIpc) is 3.26. The van der Waals surface area contributed by atoms with Gasteiger partial charge < -0.3 is 15.4 Å². The van der Waals surface area contributed by atoms with E-state index in [2.05, 4.69) is 22.0 Å². The molecule has 0 radical (unpaired) electrons. The van der Waals surface area contributed by atoms with Crippen LogP contribution in [0.15, 0.2) is 52.0 Å². The molecule has 0 spiro atoms. The van der Waals surface area contributed by atoms with Gasteiger partial charge in [0.2, 0.25) is 5.91 Å². The van der Waals surface area contributed by atoms with Gasteiger partial charge in [-0.1, -0.05) is 28.1 Å². The zero-order valence-electron chi connectivity index (χ0n) is 16.6. The average molecular weight is 475 g/mol. The fourth-order valence-corrected chi connectivity index (χ4v) is 5.57. The number of nitrogens with zero attached hydrogens (tertiary/aromatic N) is 1. The largest absolute Gasteiger partial charge is 0.455 e. The van der Waals surface area contributed by atoms with E-state index in [9.17, 15) is 9.59 Å². The van der Waals surface area contributed by atoms with Crippen LogP contribution < -0.4 is 5.73 Å². The Kier molecular flexibility index (Phi) is 4.86. The molecule has 2 unspecified atom stereocenters. The number of carbonyl (C=O) groups excluding carboxylic acids is 2. The van der Waals surface area contributed by atoms with E-state index in [1.54, 1.807) is 6.08 Å². The van der Waals surface area contributed by atoms with Gasteiger partial charge in [0.1, 0.15) is 16.7 Å². The van der Waals surface area contributed by atoms with Crippen LogP contribution in [0.25, 0.3) is 0 Å². The Labute approximate surface area is 182 Å². The lowest BCUT2D eigenvalue weighted by molar-refractivity contribution is -0.152. The minimum Gasteiger partial charge on any atom is -0.455 e. The molecule has 5 nitrogen and oxygen atoms in total. The van der Waals surface area contributed by atoms with E-state index in [1.807, 2.05) is 55.3 Å². The van der Waals surface area contributed by atoms with Crippen molar-refractivity contribution >= 4 is 39.1 Å². The van der Waals surface area contributed by atoms with Crippen LogP contribution >= 0.6 is 27.3 Å². The quantitative estimate of drug-likeness (QED) is 0.680. The Hall–Kier alpha value is -2.12. The Bertz CT molecular complexity index is 1010. The molecule has 152 valence electrons. The molecule has 0 aliphatic carbocycles. The van der Waals surface area contributed by atoms with Gasteiger partial charge in [-0.15, -0.1) is 11.3 Å². The molecule has 0 saturated heterocycles. The van der Waals surface area contributed by atoms with E-state index in [4.69, 9.17) is 10.5 Å². The van der Waals surface area contributed by atoms with Crippen LogP contribution in [-0.2, 0) is 26.2 Å². The number of fused-ring (bicyclic) bond motifs is 3. The minimum absolute atomic E-state index is 0.387. The molecule has 0 saturated carbocycles. The van der Waals surface area contributed by atoms with E-state index in [0.29, 0.717) is 12.2 Å². The van der Waals surface area contributed by atoms with Crippen LogP contribution in [0.1, 0.15) is 42.8 Å². The Morgan fingerprint density at radius 2 is 2.07 bits per heavy atom. The lowest BCUT2D eigenvalue weighted by Crippen LogP contribution is -2.48. The highest BCUT2D eigenvalue weighted by Gasteiger charge is 2.56. The summed E-state index contributed by atoms with van der Waals surface area (Å²) < 4.78 is 6.59. The molecule has 29 heavy (non-hydrogen) atoms. The SMILES string of the molecule is CC(C)(C)OC(=O)C1=CC(C(N)=O)(c2cccs2)C2c3cc(Br)ccc3CCN12. The van der Waals surface area contributed by atoms with Gasteiger partial charge in [0.05, 0.1) is 6.04 Å². The standard InChI is InChI=1S/C22H23BrN2O3S/c1-21(2,3)28-19(26)16-12-22(20(24)27,17-5-4-10-29-17)18-15-11-14(23)7-6-13(15)8-9-25(16)18/h4-7,10-12,18H,8-9H2,1-3H3,(H2,24,27). The van der Waals surface area contributed by atoms with Crippen molar-refractivity contribution in [1.82, 2.24) is 4.90 Å². The van der Waals surface area contributed by atoms with E-state index >= 15 is 0 Å². The van der Waals surface area contributed by atoms with Gasteiger partial charge in [-0.2, -0.15) is 0 Å². The van der Waals surface area contributed by atoms with Gasteiger partial charge in [-0.05, 0) is 68.0 Å². The second-order valence-corrected chi connectivity index (χ2v) is 10.3. The number of hydrogen-bond donors (Lipinski definition) is 1. The number of primary amides is 1. The van der Waals surface area contributed by atoms with Crippen LogP contribution in [0.2, 0.25) is 0 Å². The first-order valence-corrected chi connectivity index (χ1v) is 11.2. The van der Waals surface area contributed by atoms with Crippen LogP contribution in [0, 0.1) is 0 Å². The molecule has 2 atom stereocenters. The lowest BCUT2D eigenvalue weighted by Gasteiger charge is -2.41. The summed E-state index contributed by atoms with van der Waals surface area (Å²) in [6.07, 6.45) is 2.51. The topological polar surface area (TPSA) is 72.6 Å². The molecular weight excluding hydrogens is 452 g/mol. The van der Waals surface area contributed by atoms with E-state index < -0.39 is 22.9 Å². The van der Waals surface area contributed by atoms with Crippen LogP contribution in [0.3, 0.4) is 0 Å². The number of halogens is 1. The van der Waals surface area contributed by atoms with Crippen molar-refractivity contribution in [2.75, 3.05) is 6.54 Å². The van der Waals surface area contributed by atoms with Gasteiger partial charge in [0.25, 0.3) is 0 Å². The first-order valence-electron chi connectivity index (χ1n) is 9.48. The molecule has 2 aliphatic heterocycles. The van der Waals surface area contributed by atoms with Crippen molar-refractivity contribution in [2.24, 2.45) is 5.73 Å². The second kappa shape index (κ2) is 6.99. The molecule has 1 amide bonds. The first-order chi connectivity index (χ1) is 13.6. The summed E-state index contributed by atoms with van der Waals surface area (Å²) >= 11 is 5.03. The van der Waals surface area contributed by atoms with Gasteiger partial charge >= 0.3 is 5.97 Å². The van der Waals surface area contributed by atoms with E-state index in [1.165, 1.54) is 11.3 Å². The maximum atomic E-state index is 13.1. The molecule has 2 N–H and O–H groups in total. The van der Waals surface area contributed by atoms with Crippen molar-refractivity contribution in [3.8, 4) is 0 Å². The monoisotopic (exact) mass is 474 g/mol. The van der Waals surface area contributed by atoms with Gasteiger partial charge in [0, 0.05) is 15.9 Å². The normalized spacial score (nSPS) is 23.2. The summed E-state index contributed by atoms with van der Waals surface area (Å²) in [5, 5.41) is 1.92. The lowest BCUT2D eigenvalue weighted by atomic mass is 9.73. The zero-order chi connectivity index (χ0) is 21.0. The molecule has 1 aromatic heterocycles. The van der Waals surface area contributed by atoms with Crippen molar-refractivity contribution < 1.29 is 14.3 Å². The highest BCUT2D eigenvalue weighted by atomic mass is 79.9. The number of ether oxygens (including phenoxy) is 1. The summed E-state index contributed by atoms with van der Waals surface area (Å²) in [6.45, 7) is 6.12. The molecule has 3 heterocycles. The van der Waals surface area contributed by atoms with Crippen molar-refractivity contribution in [1.29, 1.82) is 0 Å². The minimum atomic E-state index is -1.13. The van der Waals surface area contributed by atoms with Gasteiger partial charge in [0.15, 0.2) is 0 Å². The second-order valence-electron chi connectivity index (χ2n) is 8.43. The maximum absolute atomic E-state index is 13.1. The summed E-state index contributed by atoms with van der Waals surface area (Å²) in [5.41, 5.74) is 6.86. The molecule has 0 bridgehead atoms. The Morgan fingerprint density at radius 1 is 1.31 bits per heavy atom. The fraction of sp³-hybridized carbons (Fsp3) is 0.364. The maximum Gasteiger partial charge on any atom is 0.354 e. The van der Waals surface area contributed by atoms with Crippen molar-refractivity contribution in [3.63, 3.8) is 0 Å². The number of benzene rings is 1. The first kappa shape index (κ1) is 20.2. The van der Waals surface area contributed by atoms with Crippen LogP contribution in [0.5, 0.6) is 0 Å². The Morgan fingerprint density at radius 3 is 2.69 bits per heavy atom. The molecule has 2 aromatic rings. The Balaban J connectivity index is 1.94. The number of hydrogen-bond acceptors (Lipinski definition) is 5. The highest BCUT2D eigenvalue weighted by molar-refractivity contribution is 9.10. The summed E-state index contributed by atoms with van der Waals surface area (Å²) in [5.74, 6) is -0.901.